The molecular formula is C25H21F2NO5. The third-order valence-electron chi connectivity index (χ3n) is 5.64. The number of halogens is 2. The zero-order valence-corrected chi connectivity index (χ0v) is 17.7. The van der Waals surface area contributed by atoms with E-state index in [1.165, 1.54) is 0 Å². The van der Waals surface area contributed by atoms with Crippen molar-refractivity contribution >= 4 is 12.1 Å². The van der Waals surface area contributed by atoms with Gasteiger partial charge in [-0.15, -0.1) is 0 Å². The second-order valence-corrected chi connectivity index (χ2v) is 7.66. The molecule has 2 N–H and O–H groups in total. The molecule has 1 amide bonds. The minimum absolute atomic E-state index is 0.0119. The number of hydrogen-bond acceptors (Lipinski definition) is 4. The molecule has 0 bridgehead atoms. The first-order chi connectivity index (χ1) is 15.9. The molecule has 0 saturated heterocycles. The van der Waals surface area contributed by atoms with Gasteiger partial charge in [0.05, 0.1) is 7.11 Å². The Kier molecular flexibility index (Phi) is 6.26. The minimum atomic E-state index is -1.44. The average molecular weight is 453 g/mol. The predicted octanol–water partition coefficient (Wildman–Crippen LogP) is 4.51. The monoisotopic (exact) mass is 453 g/mol. The van der Waals surface area contributed by atoms with E-state index in [0.29, 0.717) is 0 Å². The number of carboxylic acids is 1. The fourth-order valence-electron chi connectivity index (χ4n) is 4.14. The summed E-state index contributed by atoms with van der Waals surface area (Å²) in [4.78, 5) is 24.0. The smallest absolute Gasteiger partial charge is 0.407 e. The molecule has 3 aromatic carbocycles. The number of aliphatic carboxylic acids is 1. The summed E-state index contributed by atoms with van der Waals surface area (Å²) < 4.78 is 37.9. The normalized spacial score (nSPS) is 13.1. The lowest BCUT2D eigenvalue weighted by Crippen LogP contribution is -2.43. The Morgan fingerprint density at radius 1 is 1.00 bits per heavy atom. The van der Waals surface area contributed by atoms with Gasteiger partial charge in [-0.3, -0.25) is 0 Å². The summed E-state index contributed by atoms with van der Waals surface area (Å²) in [5.41, 5.74) is 4.22. The van der Waals surface area contributed by atoms with E-state index in [1.807, 2.05) is 48.5 Å². The maximum Gasteiger partial charge on any atom is 0.407 e. The number of amides is 1. The number of carboxylic acid groups (broad SMARTS) is 1. The molecule has 8 heteroatoms. The van der Waals surface area contributed by atoms with Crippen molar-refractivity contribution in [1.82, 2.24) is 5.32 Å². The summed E-state index contributed by atoms with van der Waals surface area (Å²) in [6, 6.07) is 16.1. The number of carbonyl (C=O) groups excluding carboxylic acids is 1. The third kappa shape index (κ3) is 4.50. The fraction of sp³-hybridized carbons (Fsp3) is 0.200. The Hall–Kier alpha value is -3.94. The molecule has 6 nitrogen and oxygen atoms in total. The summed E-state index contributed by atoms with van der Waals surface area (Å²) in [7, 11) is 1.12. The van der Waals surface area contributed by atoms with Crippen molar-refractivity contribution in [1.29, 1.82) is 0 Å². The van der Waals surface area contributed by atoms with E-state index in [-0.39, 0.29) is 24.5 Å². The summed E-state index contributed by atoms with van der Waals surface area (Å²) in [5, 5.41) is 11.7. The number of carbonyl (C=O) groups is 2. The molecule has 33 heavy (non-hydrogen) atoms. The molecule has 0 spiro atoms. The Morgan fingerprint density at radius 2 is 1.55 bits per heavy atom. The molecule has 4 rings (SSSR count). The lowest BCUT2D eigenvalue weighted by atomic mass is 9.98. The van der Waals surface area contributed by atoms with E-state index in [0.717, 1.165) is 41.5 Å². The molecule has 3 aromatic rings. The number of alkyl carbamates (subject to hydrolysis) is 1. The van der Waals surface area contributed by atoms with Gasteiger partial charge in [0.25, 0.3) is 0 Å². The highest BCUT2D eigenvalue weighted by Crippen LogP contribution is 2.44. The van der Waals surface area contributed by atoms with Gasteiger partial charge in [-0.25, -0.2) is 18.4 Å². The van der Waals surface area contributed by atoms with Crippen LogP contribution < -0.4 is 10.1 Å². The lowest BCUT2D eigenvalue weighted by Gasteiger charge is -2.18. The first-order valence-electron chi connectivity index (χ1n) is 10.2. The van der Waals surface area contributed by atoms with E-state index >= 15 is 0 Å². The van der Waals surface area contributed by atoms with Gasteiger partial charge in [0.15, 0.2) is 17.4 Å². The minimum Gasteiger partial charge on any atom is -0.491 e. The zero-order valence-electron chi connectivity index (χ0n) is 17.7. The van der Waals surface area contributed by atoms with Crippen molar-refractivity contribution in [3.8, 4) is 16.9 Å². The highest BCUT2D eigenvalue weighted by atomic mass is 19.1. The second-order valence-electron chi connectivity index (χ2n) is 7.66. The van der Waals surface area contributed by atoms with Crippen LogP contribution in [0.4, 0.5) is 13.6 Å². The fourth-order valence-corrected chi connectivity index (χ4v) is 4.14. The molecule has 1 aliphatic rings. The highest BCUT2D eigenvalue weighted by molar-refractivity contribution is 5.81. The van der Waals surface area contributed by atoms with E-state index in [9.17, 15) is 23.5 Å². The maximum absolute atomic E-state index is 13.9. The van der Waals surface area contributed by atoms with Gasteiger partial charge in [0.2, 0.25) is 0 Å². The standard InChI is InChI=1S/C25H21F2NO5/c1-32-23-20(26)10-14(11-21(23)27)12-22(24(29)30)28-25(31)33-13-19-17-8-4-2-6-15(17)16-7-3-5-9-18(16)19/h2-11,19,22H,12-13H2,1H3,(H,28,31)(H,29,30)/t22-/m0/s1. The number of rotatable bonds is 7. The first kappa shape index (κ1) is 22.3. The SMILES string of the molecule is COc1c(F)cc(C[C@H](NC(=O)OCC2c3ccccc3-c3ccccc32)C(=O)O)cc1F. The van der Waals surface area contributed by atoms with Crippen molar-refractivity contribution in [2.45, 2.75) is 18.4 Å². The van der Waals surface area contributed by atoms with Gasteiger partial charge < -0.3 is 19.9 Å². The molecule has 1 aliphatic carbocycles. The van der Waals surface area contributed by atoms with Gasteiger partial charge in [0, 0.05) is 12.3 Å². The summed E-state index contributed by atoms with van der Waals surface area (Å²) in [6.45, 7) is 0.0119. The van der Waals surface area contributed by atoms with Crippen LogP contribution in [-0.2, 0) is 16.0 Å². The van der Waals surface area contributed by atoms with Crippen molar-refractivity contribution < 1.29 is 33.0 Å². The van der Waals surface area contributed by atoms with E-state index in [4.69, 9.17) is 4.74 Å². The van der Waals surface area contributed by atoms with Crippen LogP contribution in [0.1, 0.15) is 22.6 Å². The molecule has 0 aromatic heterocycles. The average Bonchev–Trinajstić information content (AvgIpc) is 3.11. The van der Waals surface area contributed by atoms with Crippen molar-refractivity contribution in [2.24, 2.45) is 0 Å². The zero-order chi connectivity index (χ0) is 23.5. The lowest BCUT2D eigenvalue weighted by molar-refractivity contribution is -0.139. The number of benzene rings is 3. The molecule has 170 valence electrons. The first-order valence-corrected chi connectivity index (χ1v) is 10.2. The highest BCUT2D eigenvalue weighted by Gasteiger charge is 2.30. The topological polar surface area (TPSA) is 84.9 Å². The van der Waals surface area contributed by atoms with Gasteiger partial charge in [0.1, 0.15) is 12.6 Å². The maximum atomic E-state index is 13.9. The molecule has 0 radical (unpaired) electrons. The van der Waals surface area contributed by atoms with Crippen LogP contribution in [0, 0.1) is 11.6 Å². The van der Waals surface area contributed by atoms with Crippen LogP contribution in [0.25, 0.3) is 11.1 Å². The molecular weight excluding hydrogens is 432 g/mol. The number of hydrogen-bond donors (Lipinski definition) is 2. The molecule has 0 aliphatic heterocycles. The Labute approximate surface area is 188 Å². The molecule has 0 heterocycles. The molecule has 0 saturated carbocycles. The molecule has 1 atom stereocenters. The van der Waals surface area contributed by atoms with E-state index in [1.54, 1.807) is 0 Å². The summed E-state index contributed by atoms with van der Waals surface area (Å²) in [6.07, 6.45) is -1.27. The number of nitrogens with one attached hydrogen (secondary N) is 1. The Morgan fingerprint density at radius 3 is 2.06 bits per heavy atom. The van der Waals surface area contributed by atoms with Crippen LogP contribution in [0.15, 0.2) is 60.7 Å². The van der Waals surface area contributed by atoms with E-state index in [2.05, 4.69) is 10.1 Å². The van der Waals surface area contributed by atoms with Crippen molar-refractivity contribution in [3.63, 3.8) is 0 Å². The summed E-state index contributed by atoms with van der Waals surface area (Å²) >= 11 is 0. The quantitative estimate of drug-likeness (QED) is 0.550. The van der Waals surface area contributed by atoms with Crippen LogP contribution >= 0.6 is 0 Å². The summed E-state index contributed by atoms with van der Waals surface area (Å²) in [5.74, 6) is -4.03. The van der Waals surface area contributed by atoms with Gasteiger partial charge in [-0.2, -0.15) is 0 Å². The van der Waals surface area contributed by atoms with Gasteiger partial charge in [-0.1, -0.05) is 48.5 Å². The molecule has 0 unspecified atom stereocenters. The van der Waals surface area contributed by atoms with E-state index < -0.39 is 35.5 Å². The van der Waals surface area contributed by atoms with Crippen molar-refractivity contribution in [2.75, 3.05) is 13.7 Å². The van der Waals surface area contributed by atoms with Crippen molar-refractivity contribution in [3.05, 3.63) is 89.0 Å². The van der Waals surface area contributed by atoms with Gasteiger partial charge >= 0.3 is 12.1 Å². The van der Waals surface area contributed by atoms with Crippen LogP contribution in [0.5, 0.6) is 5.75 Å². The van der Waals surface area contributed by atoms with Crippen LogP contribution in [0.2, 0.25) is 0 Å². The Bertz CT molecular complexity index is 1140. The number of ether oxygens (including phenoxy) is 2. The largest absolute Gasteiger partial charge is 0.491 e. The molecule has 0 fully saturated rings. The van der Waals surface area contributed by atoms with Crippen LogP contribution in [0.3, 0.4) is 0 Å². The third-order valence-corrected chi connectivity index (χ3v) is 5.64. The number of methoxy groups -OCH3 is 1. The second kappa shape index (κ2) is 9.28. The Balaban J connectivity index is 1.44. The predicted molar refractivity (Wildman–Crippen MR) is 116 cm³/mol. The number of fused-ring (bicyclic) bond motifs is 3. The van der Waals surface area contributed by atoms with Crippen LogP contribution in [-0.4, -0.2) is 36.9 Å². The van der Waals surface area contributed by atoms with Gasteiger partial charge in [-0.05, 0) is 39.9 Å².